The van der Waals surface area contributed by atoms with Crippen LogP contribution in [0.3, 0.4) is 0 Å². The summed E-state index contributed by atoms with van der Waals surface area (Å²) < 4.78 is 11.4. The van der Waals surface area contributed by atoms with Crippen LogP contribution in [0.1, 0.15) is 30.2 Å². The van der Waals surface area contributed by atoms with Crippen LogP contribution in [0.15, 0.2) is 60.1 Å². The van der Waals surface area contributed by atoms with E-state index in [1.54, 1.807) is 28.5 Å². The van der Waals surface area contributed by atoms with Crippen LogP contribution < -0.4 is 14.8 Å². The third-order valence-corrected chi connectivity index (χ3v) is 6.29. The van der Waals surface area contributed by atoms with Gasteiger partial charge in [0, 0.05) is 30.2 Å². The molecule has 8 heteroatoms. The molecule has 1 saturated heterocycles. The van der Waals surface area contributed by atoms with Gasteiger partial charge in [-0.15, -0.1) is 11.3 Å². The second-order valence-corrected chi connectivity index (χ2v) is 8.74. The Labute approximate surface area is 197 Å². The number of carbonyl (C=O) groups is 2. The van der Waals surface area contributed by atoms with Gasteiger partial charge in [0.25, 0.3) is 0 Å². The van der Waals surface area contributed by atoms with E-state index in [-0.39, 0.29) is 11.8 Å². The van der Waals surface area contributed by atoms with Crippen molar-refractivity contribution < 1.29 is 19.1 Å². The van der Waals surface area contributed by atoms with Crippen LogP contribution in [-0.2, 0) is 22.6 Å². The summed E-state index contributed by atoms with van der Waals surface area (Å²) in [4.78, 5) is 32.5. The van der Waals surface area contributed by atoms with Crippen LogP contribution in [-0.4, -0.2) is 40.9 Å². The first-order valence-corrected chi connectivity index (χ1v) is 12.0. The number of nitrogens with zero attached hydrogens (tertiary/aromatic N) is 2. The van der Waals surface area contributed by atoms with Crippen LogP contribution >= 0.6 is 11.3 Å². The Kier molecular flexibility index (Phi) is 7.57. The van der Waals surface area contributed by atoms with Crippen molar-refractivity contribution in [1.82, 2.24) is 15.2 Å². The van der Waals surface area contributed by atoms with Gasteiger partial charge in [-0.2, -0.15) is 0 Å². The number of aromatic nitrogens is 1. The lowest BCUT2D eigenvalue weighted by Gasteiger charge is -2.24. The summed E-state index contributed by atoms with van der Waals surface area (Å²) in [5.74, 6) is 1.58. The highest BCUT2D eigenvalue weighted by Crippen LogP contribution is 2.30. The predicted octanol–water partition coefficient (Wildman–Crippen LogP) is 4.18. The first-order chi connectivity index (χ1) is 16.1. The molecule has 1 unspecified atom stereocenters. The molecule has 0 spiro atoms. The molecule has 0 bridgehead atoms. The van der Waals surface area contributed by atoms with Crippen LogP contribution in [0.25, 0.3) is 0 Å². The zero-order valence-corrected chi connectivity index (χ0v) is 19.3. The Morgan fingerprint density at radius 3 is 2.73 bits per heavy atom. The maximum Gasteiger partial charge on any atom is 0.243 e. The fourth-order valence-electron chi connectivity index (χ4n) is 3.81. The Hall–Kier alpha value is -3.39. The molecule has 1 atom stereocenters. The van der Waals surface area contributed by atoms with Gasteiger partial charge in [-0.05, 0) is 48.9 Å². The molecule has 3 heterocycles. The Bertz CT molecular complexity index is 1070. The highest BCUT2D eigenvalue weighted by atomic mass is 32.1. The predicted molar refractivity (Wildman–Crippen MR) is 127 cm³/mol. The van der Waals surface area contributed by atoms with E-state index in [1.165, 1.54) is 0 Å². The van der Waals surface area contributed by atoms with Gasteiger partial charge in [0.15, 0.2) is 11.5 Å². The first-order valence-electron chi connectivity index (χ1n) is 11.1. The van der Waals surface area contributed by atoms with Gasteiger partial charge >= 0.3 is 0 Å². The molecular weight excluding hydrogens is 438 g/mol. The molecule has 172 valence electrons. The van der Waals surface area contributed by atoms with Gasteiger partial charge in [0.05, 0.1) is 13.0 Å². The van der Waals surface area contributed by atoms with Crippen molar-refractivity contribution in [2.24, 2.45) is 0 Å². The number of hydrogen-bond donors (Lipinski definition) is 1. The smallest absolute Gasteiger partial charge is 0.243 e. The maximum atomic E-state index is 12.8. The molecule has 0 radical (unpaired) electrons. The maximum absolute atomic E-state index is 12.8. The number of rotatable bonds is 9. The van der Waals surface area contributed by atoms with Gasteiger partial charge in [0.2, 0.25) is 17.7 Å². The fraction of sp³-hybridized carbons (Fsp3) is 0.320. The third-order valence-electron chi connectivity index (χ3n) is 5.41. The lowest BCUT2D eigenvalue weighted by Crippen LogP contribution is -2.46. The average Bonchev–Trinajstić information content (AvgIpc) is 3.52. The van der Waals surface area contributed by atoms with E-state index in [9.17, 15) is 9.59 Å². The van der Waals surface area contributed by atoms with Gasteiger partial charge < -0.3 is 19.7 Å². The van der Waals surface area contributed by atoms with E-state index in [1.807, 2.05) is 54.8 Å². The van der Waals surface area contributed by atoms with Crippen LogP contribution in [0.2, 0.25) is 0 Å². The molecule has 2 aromatic heterocycles. The van der Waals surface area contributed by atoms with Crippen molar-refractivity contribution >= 4 is 23.2 Å². The number of nitrogens with one attached hydrogen (secondary N) is 1. The molecule has 1 aromatic carbocycles. The van der Waals surface area contributed by atoms with Crippen LogP contribution in [0, 0.1) is 0 Å². The van der Waals surface area contributed by atoms with Crippen molar-refractivity contribution in [3.05, 3.63) is 70.5 Å². The van der Waals surface area contributed by atoms with E-state index < -0.39 is 6.04 Å². The molecule has 1 N–H and O–H groups in total. The number of hydrogen-bond acceptors (Lipinski definition) is 6. The molecule has 0 aliphatic carbocycles. The normalized spacial score (nSPS) is 15.3. The second-order valence-electron chi connectivity index (χ2n) is 7.71. The zero-order chi connectivity index (χ0) is 23.0. The van der Waals surface area contributed by atoms with Crippen molar-refractivity contribution in [3.63, 3.8) is 0 Å². The fourth-order valence-corrected chi connectivity index (χ4v) is 4.50. The minimum Gasteiger partial charge on any atom is -0.490 e. The number of para-hydroxylation sites is 2. The van der Waals surface area contributed by atoms with E-state index in [0.717, 1.165) is 16.9 Å². The highest BCUT2D eigenvalue weighted by molar-refractivity contribution is 7.10. The molecule has 7 nitrogen and oxygen atoms in total. The largest absolute Gasteiger partial charge is 0.490 e. The molecule has 0 saturated carbocycles. The first kappa shape index (κ1) is 22.8. The zero-order valence-electron chi connectivity index (χ0n) is 18.5. The minimum atomic E-state index is -0.414. The Morgan fingerprint density at radius 1 is 1.15 bits per heavy atom. The molecule has 1 aliphatic rings. The van der Waals surface area contributed by atoms with Gasteiger partial charge in [-0.3, -0.25) is 9.59 Å². The monoisotopic (exact) mass is 465 g/mol. The molecule has 3 aromatic rings. The minimum absolute atomic E-state index is 0.00519. The van der Waals surface area contributed by atoms with Crippen LogP contribution in [0.4, 0.5) is 0 Å². The Balaban J connectivity index is 1.30. The molecule has 2 amide bonds. The van der Waals surface area contributed by atoms with E-state index >= 15 is 0 Å². The lowest BCUT2D eigenvalue weighted by molar-refractivity contribution is -0.138. The van der Waals surface area contributed by atoms with Crippen molar-refractivity contribution in [2.75, 3.05) is 13.2 Å². The Morgan fingerprint density at radius 2 is 2.00 bits per heavy atom. The number of benzene rings is 1. The number of carbonyl (C=O) groups excluding carboxylic acids is 2. The molecule has 33 heavy (non-hydrogen) atoms. The molecule has 4 rings (SSSR count). The average molecular weight is 466 g/mol. The topological polar surface area (TPSA) is 80.8 Å². The molecular formula is C25H27N3O4S. The van der Waals surface area contributed by atoms with E-state index in [4.69, 9.17) is 9.47 Å². The van der Waals surface area contributed by atoms with Gasteiger partial charge in [-0.1, -0.05) is 24.3 Å². The highest BCUT2D eigenvalue weighted by Gasteiger charge is 2.33. The van der Waals surface area contributed by atoms with E-state index in [0.29, 0.717) is 49.9 Å². The SMILES string of the molecule is CCOc1ccccc1Oc1ccc(CNC(=O)C2CCCN2C(=O)Cc2cccs2)cn1. The summed E-state index contributed by atoms with van der Waals surface area (Å²) >= 11 is 1.56. The van der Waals surface area contributed by atoms with Crippen molar-refractivity contribution in [3.8, 4) is 17.4 Å². The number of thiophene rings is 1. The van der Waals surface area contributed by atoms with E-state index in [2.05, 4.69) is 10.3 Å². The summed E-state index contributed by atoms with van der Waals surface area (Å²) in [6.45, 7) is 3.43. The molecule has 1 aliphatic heterocycles. The number of ether oxygens (including phenoxy) is 2. The van der Waals surface area contributed by atoms with Gasteiger partial charge in [-0.25, -0.2) is 4.98 Å². The summed E-state index contributed by atoms with van der Waals surface area (Å²) in [5, 5.41) is 4.91. The summed E-state index contributed by atoms with van der Waals surface area (Å²) in [6, 6.07) is 14.5. The third kappa shape index (κ3) is 5.90. The number of pyridine rings is 1. The molecule has 1 fully saturated rings. The standard InChI is InChI=1S/C25H27N3O4S/c1-2-31-21-9-3-4-10-22(21)32-23-12-11-18(16-26-23)17-27-25(30)20-8-5-13-28(20)24(29)15-19-7-6-14-33-19/h3-4,6-7,9-12,14,16,20H,2,5,8,13,15,17H2,1H3,(H,27,30). The lowest BCUT2D eigenvalue weighted by atomic mass is 10.2. The van der Waals surface area contributed by atoms with Crippen molar-refractivity contribution in [2.45, 2.75) is 38.8 Å². The quantitative estimate of drug-likeness (QED) is 0.513. The van der Waals surface area contributed by atoms with Gasteiger partial charge in [0.1, 0.15) is 6.04 Å². The number of likely N-dealkylation sites (tertiary alicyclic amines) is 1. The van der Waals surface area contributed by atoms with Crippen molar-refractivity contribution in [1.29, 1.82) is 0 Å². The van der Waals surface area contributed by atoms with Crippen LogP contribution in [0.5, 0.6) is 17.4 Å². The number of amides is 2. The second kappa shape index (κ2) is 11.0. The summed E-state index contributed by atoms with van der Waals surface area (Å²) in [6.07, 6.45) is 3.55. The summed E-state index contributed by atoms with van der Waals surface area (Å²) in [5.41, 5.74) is 0.850. The summed E-state index contributed by atoms with van der Waals surface area (Å²) in [7, 11) is 0.